The van der Waals surface area contributed by atoms with Gasteiger partial charge in [0.15, 0.2) is 0 Å². The molecule has 2 N–H and O–H groups in total. The molecule has 112 valence electrons. The zero-order valence-electron chi connectivity index (χ0n) is 12.4. The van der Waals surface area contributed by atoms with Gasteiger partial charge in [-0.05, 0) is 44.7 Å². The first-order chi connectivity index (χ1) is 9.65. The summed E-state index contributed by atoms with van der Waals surface area (Å²) in [5, 5.41) is 9.59. The molecule has 5 heteroatoms. The van der Waals surface area contributed by atoms with Crippen LogP contribution in [0.1, 0.15) is 36.9 Å². The van der Waals surface area contributed by atoms with Crippen molar-refractivity contribution in [3.63, 3.8) is 0 Å². The fourth-order valence-corrected chi connectivity index (χ4v) is 3.50. The second-order valence-corrected chi connectivity index (χ2v) is 6.71. The number of carbonyl (C=O) groups excluding carboxylic acids is 1. The number of hydrogen-bond donors (Lipinski definition) is 2. The van der Waals surface area contributed by atoms with Crippen LogP contribution in [-0.2, 0) is 11.2 Å². The Morgan fingerprint density at radius 1 is 1.65 bits per heavy atom. The number of nitrogens with one attached hydrogen (secondary N) is 2. The number of thiazole rings is 1. The highest BCUT2D eigenvalue weighted by Crippen LogP contribution is 2.22. The van der Waals surface area contributed by atoms with Crippen molar-refractivity contribution in [2.75, 3.05) is 19.6 Å². The van der Waals surface area contributed by atoms with Crippen LogP contribution in [0, 0.1) is 18.8 Å². The smallest absolute Gasteiger partial charge is 0.220 e. The molecule has 0 aromatic carbocycles. The first kappa shape index (κ1) is 15.4. The largest absolute Gasteiger partial charge is 0.356 e. The van der Waals surface area contributed by atoms with Crippen molar-refractivity contribution in [3.8, 4) is 0 Å². The number of aryl methyl sites for hydroxylation is 1. The molecule has 2 atom stereocenters. The van der Waals surface area contributed by atoms with Gasteiger partial charge in [-0.25, -0.2) is 4.98 Å². The van der Waals surface area contributed by atoms with Gasteiger partial charge < -0.3 is 10.6 Å². The van der Waals surface area contributed by atoms with Crippen LogP contribution in [0.4, 0.5) is 0 Å². The van der Waals surface area contributed by atoms with Crippen molar-refractivity contribution in [1.82, 2.24) is 15.6 Å². The molecule has 0 radical (unpaired) electrons. The summed E-state index contributed by atoms with van der Waals surface area (Å²) in [6.07, 6.45) is 3.96. The van der Waals surface area contributed by atoms with Crippen molar-refractivity contribution in [3.05, 3.63) is 16.1 Å². The van der Waals surface area contributed by atoms with E-state index in [4.69, 9.17) is 0 Å². The normalized spacial score (nSPS) is 20.6. The van der Waals surface area contributed by atoms with Gasteiger partial charge in [-0.3, -0.25) is 4.79 Å². The van der Waals surface area contributed by atoms with Crippen LogP contribution >= 0.6 is 11.3 Å². The first-order valence-electron chi connectivity index (χ1n) is 7.53. The van der Waals surface area contributed by atoms with Crippen molar-refractivity contribution in [2.24, 2.45) is 11.8 Å². The molecular weight excluding hydrogens is 270 g/mol. The van der Waals surface area contributed by atoms with E-state index in [0.29, 0.717) is 24.8 Å². The molecule has 1 aliphatic rings. The predicted octanol–water partition coefficient (Wildman–Crippen LogP) is 2.14. The van der Waals surface area contributed by atoms with Crippen LogP contribution in [0.5, 0.6) is 0 Å². The third-order valence-corrected chi connectivity index (χ3v) is 5.00. The van der Waals surface area contributed by atoms with Gasteiger partial charge in [0.05, 0.1) is 5.01 Å². The van der Waals surface area contributed by atoms with Gasteiger partial charge in [-0.15, -0.1) is 11.3 Å². The van der Waals surface area contributed by atoms with Gasteiger partial charge in [0, 0.05) is 30.5 Å². The monoisotopic (exact) mass is 295 g/mol. The molecule has 1 amide bonds. The molecule has 1 aromatic rings. The average Bonchev–Trinajstić information content (AvgIpc) is 2.85. The summed E-state index contributed by atoms with van der Waals surface area (Å²) in [6, 6.07) is 0. The van der Waals surface area contributed by atoms with E-state index in [1.165, 1.54) is 12.8 Å². The maximum atomic E-state index is 11.9. The lowest BCUT2D eigenvalue weighted by molar-refractivity contribution is -0.122. The lowest BCUT2D eigenvalue weighted by atomic mass is 9.85. The molecule has 0 aliphatic carbocycles. The molecule has 1 aliphatic heterocycles. The predicted molar refractivity (Wildman–Crippen MR) is 82.9 cm³/mol. The van der Waals surface area contributed by atoms with E-state index in [2.05, 4.69) is 27.9 Å². The lowest BCUT2D eigenvalue weighted by Gasteiger charge is -2.28. The Labute approximate surface area is 125 Å². The van der Waals surface area contributed by atoms with E-state index < -0.39 is 0 Å². The molecule has 2 unspecified atom stereocenters. The highest BCUT2D eigenvalue weighted by Gasteiger charge is 2.21. The van der Waals surface area contributed by atoms with Crippen molar-refractivity contribution >= 4 is 17.2 Å². The second-order valence-electron chi connectivity index (χ2n) is 5.77. The van der Waals surface area contributed by atoms with E-state index >= 15 is 0 Å². The minimum atomic E-state index is 0.177. The number of piperidine rings is 1. The zero-order chi connectivity index (χ0) is 14.4. The van der Waals surface area contributed by atoms with E-state index in [-0.39, 0.29) is 5.91 Å². The number of aromatic nitrogens is 1. The number of rotatable bonds is 6. The molecule has 4 nitrogen and oxygen atoms in total. The fraction of sp³-hybridized carbons (Fsp3) is 0.733. The maximum absolute atomic E-state index is 11.9. The van der Waals surface area contributed by atoms with Crippen molar-refractivity contribution < 1.29 is 4.79 Å². The van der Waals surface area contributed by atoms with Gasteiger partial charge in [0.1, 0.15) is 0 Å². The number of amides is 1. The summed E-state index contributed by atoms with van der Waals surface area (Å²) in [7, 11) is 0. The Bertz CT molecular complexity index is 427. The van der Waals surface area contributed by atoms with Gasteiger partial charge in [-0.1, -0.05) is 6.92 Å². The number of nitrogens with zero attached hydrogens (tertiary/aromatic N) is 1. The van der Waals surface area contributed by atoms with Gasteiger partial charge in [0.25, 0.3) is 0 Å². The van der Waals surface area contributed by atoms with Gasteiger partial charge in [-0.2, -0.15) is 0 Å². The molecular formula is C15H25N3OS. The molecule has 1 saturated heterocycles. The molecule has 2 heterocycles. The summed E-state index contributed by atoms with van der Waals surface area (Å²) in [5.74, 6) is 1.29. The summed E-state index contributed by atoms with van der Waals surface area (Å²) >= 11 is 1.67. The van der Waals surface area contributed by atoms with Crippen LogP contribution in [0.25, 0.3) is 0 Å². The van der Waals surface area contributed by atoms with Crippen LogP contribution in [0.3, 0.4) is 0 Å². The summed E-state index contributed by atoms with van der Waals surface area (Å²) < 4.78 is 0. The van der Waals surface area contributed by atoms with E-state index in [9.17, 15) is 4.79 Å². The fourth-order valence-electron chi connectivity index (χ4n) is 2.72. The average molecular weight is 295 g/mol. The Morgan fingerprint density at radius 2 is 2.50 bits per heavy atom. The third-order valence-electron chi connectivity index (χ3n) is 3.97. The highest BCUT2D eigenvalue weighted by molar-refractivity contribution is 7.09. The SMILES string of the molecule is Cc1csc(CCNC(=O)CC(C)C2CCCNC2)n1. The maximum Gasteiger partial charge on any atom is 0.220 e. The van der Waals surface area contributed by atoms with Crippen LogP contribution in [0.15, 0.2) is 5.38 Å². The van der Waals surface area contributed by atoms with E-state index in [1.54, 1.807) is 11.3 Å². The number of carbonyl (C=O) groups is 1. The van der Waals surface area contributed by atoms with Crippen LogP contribution in [0.2, 0.25) is 0 Å². The molecule has 0 spiro atoms. The topological polar surface area (TPSA) is 54.0 Å². The van der Waals surface area contributed by atoms with Gasteiger partial charge >= 0.3 is 0 Å². The van der Waals surface area contributed by atoms with Crippen LogP contribution in [-0.4, -0.2) is 30.5 Å². The minimum absolute atomic E-state index is 0.177. The lowest BCUT2D eigenvalue weighted by Crippen LogP contribution is -2.36. The summed E-state index contributed by atoms with van der Waals surface area (Å²) in [4.78, 5) is 16.3. The van der Waals surface area contributed by atoms with Crippen molar-refractivity contribution in [2.45, 2.75) is 39.5 Å². The molecule has 20 heavy (non-hydrogen) atoms. The van der Waals surface area contributed by atoms with E-state index in [0.717, 1.165) is 30.2 Å². The quantitative estimate of drug-likeness (QED) is 0.845. The Morgan fingerprint density at radius 3 is 3.15 bits per heavy atom. The van der Waals surface area contributed by atoms with Crippen molar-refractivity contribution in [1.29, 1.82) is 0 Å². The zero-order valence-corrected chi connectivity index (χ0v) is 13.3. The minimum Gasteiger partial charge on any atom is -0.356 e. The standard InChI is InChI=1S/C15H25N3OS/c1-11(13-4-3-6-16-9-13)8-14(19)17-7-5-15-18-12(2)10-20-15/h10-11,13,16H,3-9H2,1-2H3,(H,17,19). The second kappa shape index (κ2) is 7.74. The van der Waals surface area contributed by atoms with E-state index in [1.807, 2.05) is 6.92 Å². The van der Waals surface area contributed by atoms with Crippen LogP contribution < -0.4 is 10.6 Å². The molecule has 0 bridgehead atoms. The molecule has 0 saturated carbocycles. The molecule has 1 fully saturated rings. The first-order valence-corrected chi connectivity index (χ1v) is 8.41. The Hall–Kier alpha value is -0.940. The molecule has 1 aromatic heterocycles. The summed E-state index contributed by atoms with van der Waals surface area (Å²) in [5.41, 5.74) is 1.06. The van der Waals surface area contributed by atoms with Gasteiger partial charge in [0.2, 0.25) is 5.91 Å². The third kappa shape index (κ3) is 4.87. The molecule has 2 rings (SSSR count). The Balaban J connectivity index is 1.64. The highest BCUT2D eigenvalue weighted by atomic mass is 32.1. The number of hydrogen-bond acceptors (Lipinski definition) is 4. The Kier molecular flexibility index (Phi) is 5.98. The summed E-state index contributed by atoms with van der Waals surface area (Å²) in [6.45, 7) is 7.08.